The Morgan fingerprint density at radius 1 is 0.884 bits per heavy atom. The largest absolute Gasteiger partial charge is 0.255 e. The van der Waals surface area contributed by atoms with E-state index in [-0.39, 0.29) is 16.4 Å². The van der Waals surface area contributed by atoms with Gasteiger partial charge in [-0.25, -0.2) is 0 Å². The summed E-state index contributed by atoms with van der Waals surface area (Å²) in [7, 11) is 0. The molecule has 2 aromatic carbocycles. The standard InChI is InChI=1S/C41H49N2/c1-10-25(11-2)29-20-30(26(12-3)13-4)24-41(23-29)32-21-27-16-14-15-17-31(27)36-35(32)37-34-28(18-19-43(37)41)22-33(39(5,6)7)42-38(34)40(36,8)9/h14-23,25-26H,10-13,24H2,1-9H3/q+1. The topological polar surface area (TPSA) is 16.8 Å². The Morgan fingerprint density at radius 2 is 1.58 bits per heavy atom. The molecule has 43 heavy (non-hydrogen) atoms. The van der Waals surface area contributed by atoms with Gasteiger partial charge in [0, 0.05) is 34.6 Å². The van der Waals surface area contributed by atoms with Crippen LogP contribution in [0, 0.1) is 11.8 Å². The van der Waals surface area contributed by atoms with Gasteiger partial charge in [-0.2, -0.15) is 4.57 Å². The fraction of sp³-hybridized carbons (Fsp3) is 0.463. The quantitative estimate of drug-likeness (QED) is 0.211. The molecule has 1 aliphatic heterocycles. The number of allylic oxidation sites excluding steroid dienone is 4. The molecule has 3 aliphatic rings. The van der Waals surface area contributed by atoms with Crippen molar-refractivity contribution in [2.75, 3.05) is 0 Å². The Hall–Kier alpha value is -3.26. The number of benzene rings is 2. The van der Waals surface area contributed by atoms with Crippen molar-refractivity contribution in [1.82, 2.24) is 4.98 Å². The molecular formula is C41H49N2+. The molecule has 0 radical (unpaired) electrons. The lowest BCUT2D eigenvalue weighted by Gasteiger charge is -2.34. The lowest BCUT2D eigenvalue weighted by Crippen LogP contribution is -2.55. The summed E-state index contributed by atoms with van der Waals surface area (Å²) in [6.45, 7) is 21.2. The van der Waals surface area contributed by atoms with Crippen LogP contribution in [0.15, 0.2) is 72.0 Å². The van der Waals surface area contributed by atoms with E-state index in [1.54, 1.807) is 11.1 Å². The van der Waals surface area contributed by atoms with Crippen LogP contribution in [0.4, 0.5) is 0 Å². The third-order valence-corrected chi connectivity index (χ3v) is 11.3. The van der Waals surface area contributed by atoms with E-state index < -0.39 is 0 Å². The van der Waals surface area contributed by atoms with Gasteiger partial charge in [0.05, 0.1) is 16.6 Å². The lowest BCUT2D eigenvalue weighted by molar-refractivity contribution is -0.726. The first-order valence-electron chi connectivity index (χ1n) is 16.9. The first-order valence-corrected chi connectivity index (χ1v) is 16.9. The highest BCUT2D eigenvalue weighted by Gasteiger charge is 2.57. The van der Waals surface area contributed by atoms with Crippen LogP contribution in [0.25, 0.3) is 32.8 Å². The number of pyridine rings is 2. The fourth-order valence-electron chi connectivity index (χ4n) is 8.89. The van der Waals surface area contributed by atoms with Crippen molar-refractivity contribution in [2.24, 2.45) is 11.8 Å². The normalized spacial score (nSPS) is 20.1. The van der Waals surface area contributed by atoms with E-state index in [1.807, 2.05) is 0 Å². The number of fused-ring (bicyclic) bond motifs is 4. The molecule has 4 aromatic rings. The number of rotatable bonds is 6. The second-order valence-corrected chi connectivity index (χ2v) is 15.1. The van der Waals surface area contributed by atoms with E-state index >= 15 is 0 Å². The molecule has 2 nitrogen and oxygen atoms in total. The average molecular weight is 570 g/mol. The number of hydrogen-bond donors (Lipinski definition) is 0. The van der Waals surface area contributed by atoms with Gasteiger partial charge in [-0.3, -0.25) is 4.98 Å². The highest BCUT2D eigenvalue weighted by Crippen LogP contribution is 2.58. The third kappa shape index (κ3) is 3.84. The Morgan fingerprint density at radius 3 is 2.26 bits per heavy atom. The maximum Gasteiger partial charge on any atom is 0.224 e. The van der Waals surface area contributed by atoms with Crippen molar-refractivity contribution in [3.05, 3.63) is 94.5 Å². The van der Waals surface area contributed by atoms with E-state index in [1.165, 1.54) is 81.0 Å². The predicted molar refractivity (Wildman–Crippen MR) is 182 cm³/mol. The number of hydrogen-bond acceptors (Lipinski definition) is 1. The summed E-state index contributed by atoms with van der Waals surface area (Å²) in [5.74, 6) is 1.18. The van der Waals surface area contributed by atoms with Gasteiger partial charge in [-0.15, -0.1) is 0 Å². The van der Waals surface area contributed by atoms with Crippen molar-refractivity contribution in [3.8, 4) is 11.3 Å². The first-order chi connectivity index (χ1) is 20.5. The van der Waals surface area contributed by atoms with Crippen LogP contribution in [0.5, 0.6) is 0 Å². The summed E-state index contributed by atoms with van der Waals surface area (Å²) in [5, 5.41) is 5.40. The minimum absolute atomic E-state index is 0.0241. The van der Waals surface area contributed by atoms with Gasteiger partial charge in [-0.1, -0.05) is 98.2 Å². The van der Waals surface area contributed by atoms with Crippen molar-refractivity contribution in [1.29, 1.82) is 0 Å². The van der Waals surface area contributed by atoms with Crippen LogP contribution in [-0.2, 0) is 16.4 Å². The molecule has 222 valence electrons. The maximum absolute atomic E-state index is 5.56. The number of aromatic nitrogens is 2. The van der Waals surface area contributed by atoms with Gasteiger partial charge >= 0.3 is 0 Å². The molecule has 0 fully saturated rings. The Bertz CT molecular complexity index is 1850. The molecule has 7 rings (SSSR count). The summed E-state index contributed by atoms with van der Waals surface area (Å²) >= 11 is 0. The number of nitrogens with zero attached hydrogens (tertiary/aromatic N) is 2. The smallest absolute Gasteiger partial charge is 0.224 e. The lowest BCUT2D eigenvalue weighted by atomic mass is 9.67. The third-order valence-electron chi connectivity index (χ3n) is 11.3. The van der Waals surface area contributed by atoms with Gasteiger partial charge in [-0.05, 0) is 83.0 Å². The molecule has 2 aliphatic carbocycles. The van der Waals surface area contributed by atoms with Crippen LogP contribution in [0.2, 0.25) is 0 Å². The monoisotopic (exact) mass is 569 g/mol. The summed E-state index contributed by atoms with van der Waals surface area (Å²) in [6, 6.07) is 16.4. The molecule has 2 heteroatoms. The second kappa shape index (κ2) is 9.62. The SMILES string of the molecule is CCC(CC)C1=CC2(CC(C(CC)CC)=C1)c1cc3ccccc3c3c1-c1c4c(nc(C(C)(C)C)cc4cc[n+]12)C3(C)C. The van der Waals surface area contributed by atoms with Gasteiger partial charge in [0.1, 0.15) is 0 Å². The van der Waals surface area contributed by atoms with Gasteiger partial charge in [0.15, 0.2) is 6.20 Å². The molecule has 1 atom stereocenters. The molecule has 0 N–H and O–H groups in total. The van der Waals surface area contributed by atoms with Gasteiger partial charge in [0.2, 0.25) is 11.2 Å². The molecule has 0 amide bonds. The zero-order valence-corrected chi connectivity index (χ0v) is 27.9. The van der Waals surface area contributed by atoms with Crippen molar-refractivity contribution in [2.45, 2.75) is 111 Å². The van der Waals surface area contributed by atoms with Crippen LogP contribution in [0.1, 0.15) is 117 Å². The minimum Gasteiger partial charge on any atom is -0.255 e. The summed E-state index contributed by atoms with van der Waals surface area (Å²) in [4.78, 5) is 5.56. The fourth-order valence-corrected chi connectivity index (χ4v) is 8.89. The van der Waals surface area contributed by atoms with E-state index in [0.29, 0.717) is 11.8 Å². The average Bonchev–Trinajstić information content (AvgIpc) is 3.23. The van der Waals surface area contributed by atoms with E-state index in [9.17, 15) is 0 Å². The Labute approximate surface area is 258 Å². The van der Waals surface area contributed by atoms with Crippen LogP contribution >= 0.6 is 0 Å². The molecule has 1 spiro atoms. The molecule has 0 saturated carbocycles. The van der Waals surface area contributed by atoms with Gasteiger partial charge < -0.3 is 0 Å². The molecule has 2 aromatic heterocycles. The molecule has 1 unspecified atom stereocenters. The molecule has 0 bridgehead atoms. The van der Waals surface area contributed by atoms with Crippen molar-refractivity contribution >= 4 is 21.5 Å². The van der Waals surface area contributed by atoms with Crippen LogP contribution < -0.4 is 4.57 Å². The van der Waals surface area contributed by atoms with Crippen LogP contribution in [-0.4, -0.2) is 4.98 Å². The summed E-state index contributed by atoms with van der Waals surface area (Å²) < 4.78 is 2.69. The summed E-state index contributed by atoms with van der Waals surface area (Å²) in [6.07, 6.45) is 13.5. The second-order valence-electron chi connectivity index (χ2n) is 15.1. The minimum atomic E-state index is -0.234. The van der Waals surface area contributed by atoms with E-state index in [4.69, 9.17) is 4.98 Å². The zero-order valence-electron chi connectivity index (χ0n) is 27.9. The molecule has 0 saturated heterocycles. The Balaban J connectivity index is 1.66. The van der Waals surface area contributed by atoms with Crippen molar-refractivity contribution < 1.29 is 4.57 Å². The van der Waals surface area contributed by atoms with E-state index in [0.717, 1.165) is 6.42 Å². The highest BCUT2D eigenvalue weighted by molar-refractivity contribution is 6.06. The molecular weight excluding hydrogens is 520 g/mol. The molecule has 3 heterocycles. The highest BCUT2D eigenvalue weighted by atomic mass is 15.1. The maximum atomic E-state index is 5.56. The predicted octanol–water partition coefficient (Wildman–Crippen LogP) is 10.5. The van der Waals surface area contributed by atoms with E-state index in [2.05, 4.69) is 128 Å². The van der Waals surface area contributed by atoms with Gasteiger partial charge in [0.25, 0.3) is 0 Å². The summed E-state index contributed by atoms with van der Waals surface area (Å²) in [5.41, 5.74) is 10.9. The Kier molecular flexibility index (Phi) is 6.38. The first kappa shape index (κ1) is 28.5. The van der Waals surface area contributed by atoms with Crippen molar-refractivity contribution in [3.63, 3.8) is 0 Å². The zero-order chi connectivity index (χ0) is 30.5. The van der Waals surface area contributed by atoms with Crippen LogP contribution in [0.3, 0.4) is 0 Å².